The number of aromatic nitrogens is 1. The minimum atomic E-state index is -0.0530. The van der Waals surface area contributed by atoms with Crippen LogP contribution in [0.5, 0.6) is 0 Å². The molecule has 1 amide bonds. The van der Waals surface area contributed by atoms with Gasteiger partial charge in [-0.3, -0.25) is 9.78 Å². The number of hydrogen-bond acceptors (Lipinski definition) is 4. The molecule has 0 saturated heterocycles. The second-order valence-electron chi connectivity index (χ2n) is 3.17. The molecule has 0 radical (unpaired) electrons. The number of hydrogen-bond donors (Lipinski definition) is 1. The lowest BCUT2D eigenvalue weighted by molar-refractivity contribution is -0.126. The first-order chi connectivity index (χ1) is 7.15. The minimum absolute atomic E-state index is 0.0530. The highest BCUT2D eigenvalue weighted by Gasteiger charge is 2.05. The maximum absolute atomic E-state index is 11.3. The Kier molecular flexibility index (Phi) is 3.63. The number of nitrogens with one attached hydrogen (secondary N) is 1. The van der Waals surface area contributed by atoms with Gasteiger partial charge in [0.1, 0.15) is 6.07 Å². The molecule has 0 spiro atoms. The number of nitrogens with zero attached hydrogens (tertiary/aromatic N) is 3. The molecule has 0 aliphatic rings. The van der Waals surface area contributed by atoms with Crippen molar-refractivity contribution in [1.29, 1.82) is 5.26 Å². The molecule has 1 N–H and O–H groups in total. The Morgan fingerprint density at radius 2 is 2.40 bits per heavy atom. The lowest BCUT2D eigenvalue weighted by Crippen LogP contribution is -2.28. The van der Waals surface area contributed by atoms with Crippen LogP contribution in [0, 0.1) is 11.3 Å². The van der Waals surface area contributed by atoms with Crippen LogP contribution in [-0.2, 0) is 4.79 Å². The van der Waals surface area contributed by atoms with Gasteiger partial charge in [0.2, 0.25) is 5.91 Å². The predicted molar refractivity (Wildman–Crippen MR) is 56.1 cm³/mol. The second kappa shape index (κ2) is 4.96. The van der Waals surface area contributed by atoms with E-state index in [4.69, 9.17) is 5.26 Å². The number of anilines is 1. The monoisotopic (exact) mass is 204 g/mol. The molecule has 0 unspecified atom stereocenters. The van der Waals surface area contributed by atoms with Crippen molar-refractivity contribution in [3.8, 4) is 6.07 Å². The van der Waals surface area contributed by atoms with Crippen LogP contribution in [0.15, 0.2) is 18.5 Å². The molecule has 5 nitrogen and oxygen atoms in total. The number of carbonyl (C=O) groups excluding carboxylic acids is 1. The van der Waals surface area contributed by atoms with Crippen LogP contribution in [0.1, 0.15) is 5.56 Å². The molecule has 5 heteroatoms. The van der Waals surface area contributed by atoms with E-state index >= 15 is 0 Å². The molecule has 0 aliphatic carbocycles. The van der Waals surface area contributed by atoms with Crippen LogP contribution in [0.2, 0.25) is 0 Å². The smallest absolute Gasteiger partial charge is 0.241 e. The highest BCUT2D eigenvalue weighted by Crippen LogP contribution is 2.10. The predicted octanol–water partition coefficient (Wildman–Crippen LogP) is 0.453. The fraction of sp³-hybridized carbons (Fsp3) is 0.300. The summed E-state index contributed by atoms with van der Waals surface area (Å²) in [5.41, 5.74) is 1.06. The van der Waals surface area contributed by atoms with E-state index in [0.29, 0.717) is 11.3 Å². The van der Waals surface area contributed by atoms with Gasteiger partial charge in [-0.05, 0) is 6.07 Å². The highest BCUT2D eigenvalue weighted by atomic mass is 16.2. The third kappa shape index (κ3) is 2.95. The third-order valence-electron chi connectivity index (χ3n) is 1.87. The number of rotatable bonds is 3. The van der Waals surface area contributed by atoms with Crippen molar-refractivity contribution < 1.29 is 4.79 Å². The quantitative estimate of drug-likeness (QED) is 0.776. The molecule has 0 saturated carbocycles. The lowest BCUT2D eigenvalue weighted by Gasteiger charge is -2.11. The molecule has 0 bridgehead atoms. The zero-order valence-corrected chi connectivity index (χ0v) is 8.69. The van der Waals surface area contributed by atoms with Crippen LogP contribution in [-0.4, -0.2) is 36.4 Å². The van der Waals surface area contributed by atoms with Gasteiger partial charge in [-0.25, -0.2) is 0 Å². The molecular formula is C10H12N4O. The molecular weight excluding hydrogens is 192 g/mol. The van der Waals surface area contributed by atoms with Crippen LogP contribution >= 0.6 is 0 Å². The standard InChI is InChI=1S/C10H12N4O/c1-14(2)10(15)7-13-9-6-12-4-3-8(9)5-11/h3-4,6,13H,7H2,1-2H3. The molecule has 1 aromatic rings. The summed E-state index contributed by atoms with van der Waals surface area (Å²) < 4.78 is 0. The number of carbonyl (C=O) groups is 1. The molecule has 0 aromatic carbocycles. The average Bonchev–Trinajstić information content (AvgIpc) is 2.26. The maximum Gasteiger partial charge on any atom is 0.241 e. The first kappa shape index (κ1) is 11.0. The summed E-state index contributed by atoms with van der Waals surface area (Å²) in [6.07, 6.45) is 3.07. The van der Waals surface area contributed by atoms with E-state index in [1.54, 1.807) is 20.2 Å². The van der Waals surface area contributed by atoms with Crippen molar-refractivity contribution in [3.63, 3.8) is 0 Å². The molecule has 1 aromatic heterocycles. The van der Waals surface area contributed by atoms with Crippen LogP contribution < -0.4 is 5.32 Å². The number of nitriles is 1. The Balaban J connectivity index is 2.66. The fourth-order valence-corrected chi connectivity index (χ4v) is 0.962. The first-order valence-corrected chi connectivity index (χ1v) is 4.43. The Bertz CT molecular complexity index is 395. The van der Waals surface area contributed by atoms with E-state index in [1.165, 1.54) is 17.3 Å². The van der Waals surface area contributed by atoms with Gasteiger partial charge < -0.3 is 10.2 Å². The number of likely N-dealkylation sites (N-methyl/N-ethyl adjacent to an activating group) is 1. The van der Waals surface area contributed by atoms with Gasteiger partial charge in [0.05, 0.1) is 24.0 Å². The normalized spacial score (nSPS) is 9.13. The van der Waals surface area contributed by atoms with Gasteiger partial charge in [0, 0.05) is 20.3 Å². The van der Waals surface area contributed by atoms with Crippen molar-refractivity contribution in [1.82, 2.24) is 9.88 Å². The highest BCUT2D eigenvalue weighted by molar-refractivity contribution is 5.80. The summed E-state index contributed by atoms with van der Waals surface area (Å²) in [4.78, 5) is 16.6. The zero-order chi connectivity index (χ0) is 11.3. The Morgan fingerprint density at radius 3 is 3.00 bits per heavy atom. The molecule has 15 heavy (non-hydrogen) atoms. The summed E-state index contributed by atoms with van der Waals surface area (Å²) in [6, 6.07) is 3.62. The molecule has 78 valence electrons. The summed E-state index contributed by atoms with van der Waals surface area (Å²) >= 11 is 0. The van der Waals surface area contributed by atoms with Gasteiger partial charge in [-0.15, -0.1) is 0 Å². The Hall–Kier alpha value is -2.09. The number of pyridine rings is 1. The molecule has 0 aliphatic heterocycles. The van der Waals surface area contributed by atoms with Gasteiger partial charge in [-0.1, -0.05) is 0 Å². The van der Waals surface area contributed by atoms with Gasteiger partial charge >= 0.3 is 0 Å². The largest absolute Gasteiger partial charge is 0.374 e. The summed E-state index contributed by atoms with van der Waals surface area (Å²) in [7, 11) is 3.36. The van der Waals surface area contributed by atoms with E-state index in [0.717, 1.165) is 0 Å². The summed E-state index contributed by atoms with van der Waals surface area (Å²) in [5, 5.41) is 11.6. The fourth-order valence-electron chi connectivity index (χ4n) is 0.962. The van der Waals surface area contributed by atoms with Crippen molar-refractivity contribution in [3.05, 3.63) is 24.0 Å². The molecule has 1 heterocycles. The van der Waals surface area contributed by atoms with Crippen molar-refractivity contribution >= 4 is 11.6 Å². The Morgan fingerprint density at radius 1 is 1.67 bits per heavy atom. The minimum Gasteiger partial charge on any atom is -0.374 e. The van der Waals surface area contributed by atoms with Gasteiger partial charge in [0.15, 0.2) is 0 Å². The van der Waals surface area contributed by atoms with Crippen LogP contribution in [0.4, 0.5) is 5.69 Å². The van der Waals surface area contributed by atoms with Crippen molar-refractivity contribution in [2.75, 3.05) is 26.0 Å². The SMILES string of the molecule is CN(C)C(=O)CNc1cnccc1C#N. The van der Waals surface area contributed by atoms with E-state index < -0.39 is 0 Å². The van der Waals surface area contributed by atoms with Crippen molar-refractivity contribution in [2.24, 2.45) is 0 Å². The molecule has 0 atom stereocenters. The van der Waals surface area contributed by atoms with E-state index in [9.17, 15) is 4.79 Å². The Labute approximate surface area is 88.3 Å². The van der Waals surface area contributed by atoms with Crippen LogP contribution in [0.25, 0.3) is 0 Å². The molecule has 1 rings (SSSR count). The maximum atomic E-state index is 11.3. The first-order valence-electron chi connectivity index (χ1n) is 4.43. The van der Waals surface area contributed by atoms with E-state index in [1.807, 2.05) is 6.07 Å². The third-order valence-corrected chi connectivity index (χ3v) is 1.87. The number of amides is 1. The second-order valence-corrected chi connectivity index (χ2v) is 3.17. The summed E-state index contributed by atoms with van der Waals surface area (Å²) in [5.74, 6) is -0.0530. The average molecular weight is 204 g/mol. The zero-order valence-electron chi connectivity index (χ0n) is 8.69. The van der Waals surface area contributed by atoms with E-state index in [-0.39, 0.29) is 12.5 Å². The van der Waals surface area contributed by atoms with E-state index in [2.05, 4.69) is 10.3 Å². The van der Waals surface area contributed by atoms with Crippen LogP contribution in [0.3, 0.4) is 0 Å². The van der Waals surface area contributed by atoms with Crippen molar-refractivity contribution in [2.45, 2.75) is 0 Å². The van der Waals surface area contributed by atoms with Gasteiger partial charge in [0.25, 0.3) is 0 Å². The lowest BCUT2D eigenvalue weighted by atomic mass is 10.2. The topological polar surface area (TPSA) is 69.0 Å². The molecule has 0 fully saturated rings. The van der Waals surface area contributed by atoms with Gasteiger partial charge in [-0.2, -0.15) is 5.26 Å². The summed E-state index contributed by atoms with van der Waals surface area (Å²) in [6.45, 7) is 0.160.